The number of piperidine rings is 1. The van der Waals surface area contributed by atoms with Gasteiger partial charge in [-0.25, -0.2) is 0 Å². The van der Waals surface area contributed by atoms with Crippen molar-refractivity contribution in [1.82, 2.24) is 4.90 Å². The van der Waals surface area contributed by atoms with E-state index in [1.807, 2.05) is 6.26 Å². The van der Waals surface area contributed by atoms with E-state index in [9.17, 15) is 0 Å². The Bertz CT molecular complexity index is 266. The fraction of sp³-hybridized carbons (Fsp3) is 0.667. The van der Waals surface area contributed by atoms with Crippen molar-refractivity contribution >= 4 is 0 Å². The maximum Gasteiger partial charge on any atom is 0.0950 e. The summed E-state index contributed by atoms with van der Waals surface area (Å²) in [6.07, 6.45) is 7.64. The SMILES string of the molecule is CC(C)N1CCCC[C@H]1c1ccoc1. The van der Waals surface area contributed by atoms with Crippen LogP contribution in [-0.4, -0.2) is 17.5 Å². The molecule has 0 aromatic carbocycles. The van der Waals surface area contributed by atoms with Crippen LogP contribution >= 0.6 is 0 Å². The van der Waals surface area contributed by atoms with Crippen LogP contribution in [-0.2, 0) is 0 Å². The Labute approximate surface area is 85.9 Å². The zero-order valence-electron chi connectivity index (χ0n) is 9.07. The third-order valence-corrected chi connectivity index (χ3v) is 3.14. The molecule has 1 aliphatic heterocycles. The van der Waals surface area contributed by atoms with Crippen molar-refractivity contribution in [3.63, 3.8) is 0 Å². The molecular weight excluding hydrogens is 174 g/mol. The van der Waals surface area contributed by atoms with Gasteiger partial charge in [0, 0.05) is 17.6 Å². The Balaban J connectivity index is 2.14. The summed E-state index contributed by atoms with van der Waals surface area (Å²) < 4.78 is 5.17. The van der Waals surface area contributed by atoms with Crippen LogP contribution in [0.5, 0.6) is 0 Å². The average Bonchev–Trinajstić information content (AvgIpc) is 2.70. The van der Waals surface area contributed by atoms with E-state index in [0.717, 1.165) is 0 Å². The van der Waals surface area contributed by atoms with Gasteiger partial charge in [0.25, 0.3) is 0 Å². The van der Waals surface area contributed by atoms with Crippen LogP contribution in [0.4, 0.5) is 0 Å². The van der Waals surface area contributed by atoms with E-state index in [1.165, 1.54) is 31.4 Å². The second-order valence-corrected chi connectivity index (χ2v) is 4.40. The van der Waals surface area contributed by atoms with Gasteiger partial charge in [-0.3, -0.25) is 4.90 Å². The zero-order chi connectivity index (χ0) is 9.97. The smallest absolute Gasteiger partial charge is 0.0950 e. The van der Waals surface area contributed by atoms with E-state index in [0.29, 0.717) is 12.1 Å². The normalized spacial score (nSPS) is 24.4. The van der Waals surface area contributed by atoms with Gasteiger partial charge in [-0.05, 0) is 39.3 Å². The largest absolute Gasteiger partial charge is 0.472 e. The first-order valence-electron chi connectivity index (χ1n) is 5.57. The molecule has 2 nitrogen and oxygen atoms in total. The second-order valence-electron chi connectivity index (χ2n) is 4.40. The summed E-state index contributed by atoms with van der Waals surface area (Å²) in [7, 11) is 0. The van der Waals surface area contributed by atoms with Gasteiger partial charge >= 0.3 is 0 Å². The highest BCUT2D eigenvalue weighted by molar-refractivity contribution is 5.12. The summed E-state index contributed by atoms with van der Waals surface area (Å²) in [5, 5.41) is 0. The van der Waals surface area contributed by atoms with Crippen molar-refractivity contribution in [3.05, 3.63) is 24.2 Å². The van der Waals surface area contributed by atoms with Crippen molar-refractivity contribution in [3.8, 4) is 0 Å². The highest BCUT2D eigenvalue weighted by atomic mass is 16.3. The molecule has 0 N–H and O–H groups in total. The molecule has 0 amide bonds. The summed E-state index contributed by atoms with van der Waals surface area (Å²) in [6.45, 7) is 5.78. The molecule has 0 radical (unpaired) electrons. The molecule has 1 aliphatic rings. The van der Waals surface area contributed by atoms with Crippen LogP contribution in [0.15, 0.2) is 23.0 Å². The maximum atomic E-state index is 5.17. The number of rotatable bonds is 2. The lowest BCUT2D eigenvalue weighted by Gasteiger charge is -2.38. The third-order valence-electron chi connectivity index (χ3n) is 3.14. The number of likely N-dealkylation sites (tertiary alicyclic amines) is 1. The van der Waals surface area contributed by atoms with Crippen LogP contribution < -0.4 is 0 Å². The Morgan fingerprint density at radius 2 is 2.29 bits per heavy atom. The summed E-state index contributed by atoms with van der Waals surface area (Å²) in [6, 6.07) is 3.32. The van der Waals surface area contributed by atoms with Gasteiger partial charge in [0.1, 0.15) is 0 Å². The minimum Gasteiger partial charge on any atom is -0.472 e. The molecule has 0 saturated carbocycles. The van der Waals surface area contributed by atoms with E-state index < -0.39 is 0 Å². The van der Waals surface area contributed by atoms with Crippen molar-refractivity contribution < 1.29 is 4.42 Å². The summed E-state index contributed by atoms with van der Waals surface area (Å²) in [5.41, 5.74) is 1.35. The fourth-order valence-electron chi connectivity index (χ4n) is 2.39. The van der Waals surface area contributed by atoms with E-state index >= 15 is 0 Å². The van der Waals surface area contributed by atoms with E-state index in [1.54, 1.807) is 6.26 Å². The highest BCUT2D eigenvalue weighted by Gasteiger charge is 2.26. The summed E-state index contributed by atoms with van der Waals surface area (Å²) >= 11 is 0. The lowest BCUT2D eigenvalue weighted by Crippen LogP contribution is -2.38. The quantitative estimate of drug-likeness (QED) is 0.717. The molecule has 0 bridgehead atoms. The summed E-state index contributed by atoms with van der Waals surface area (Å²) in [4.78, 5) is 2.58. The Hall–Kier alpha value is -0.760. The highest BCUT2D eigenvalue weighted by Crippen LogP contribution is 2.32. The number of furan rings is 1. The molecule has 2 heterocycles. The average molecular weight is 193 g/mol. The molecule has 2 rings (SSSR count). The van der Waals surface area contributed by atoms with E-state index in [4.69, 9.17) is 4.42 Å². The molecular formula is C12H19NO. The first-order chi connectivity index (χ1) is 6.79. The molecule has 1 aromatic rings. The molecule has 78 valence electrons. The molecule has 0 aliphatic carbocycles. The van der Waals surface area contributed by atoms with Crippen LogP contribution in [0.25, 0.3) is 0 Å². The molecule has 0 unspecified atom stereocenters. The second kappa shape index (κ2) is 4.18. The van der Waals surface area contributed by atoms with Gasteiger partial charge in [0.05, 0.1) is 12.5 Å². The van der Waals surface area contributed by atoms with Crippen molar-refractivity contribution in [2.75, 3.05) is 6.54 Å². The first kappa shape index (κ1) is 9.78. The predicted molar refractivity (Wildman–Crippen MR) is 57.1 cm³/mol. The molecule has 1 saturated heterocycles. The van der Waals surface area contributed by atoms with E-state index in [2.05, 4.69) is 24.8 Å². The number of nitrogens with zero attached hydrogens (tertiary/aromatic N) is 1. The van der Waals surface area contributed by atoms with Crippen molar-refractivity contribution in [2.24, 2.45) is 0 Å². The van der Waals surface area contributed by atoms with Gasteiger partial charge in [0.15, 0.2) is 0 Å². The minimum absolute atomic E-state index is 0.586. The van der Waals surface area contributed by atoms with Gasteiger partial charge in [-0.15, -0.1) is 0 Å². The Morgan fingerprint density at radius 1 is 1.43 bits per heavy atom. The van der Waals surface area contributed by atoms with E-state index in [-0.39, 0.29) is 0 Å². The monoisotopic (exact) mass is 193 g/mol. The van der Waals surface area contributed by atoms with Crippen LogP contribution in [0.2, 0.25) is 0 Å². The third kappa shape index (κ3) is 1.85. The number of hydrogen-bond acceptors (Lipinski definition) is 2. The van der Waals surface area contributed by atoms with Crippen LogP contribution in [0.3, 0.4) is 0 Å². The van der Waals surface area contributed by atoms with Gasteiger partial charge in [0.2, 0.25) is 0 Å². The van der Waals surface area contributed by atoms with Crippen molar-refractivity contribution in [2.45, 2.75) is 45.2 Å². The fourth-order valence-corrected chi connectivity index (χ4v) is 2.39. The molecule has 2 heteroatoms. The molecule has 1 aromatic heterocycles. The molecule has 1 atom stereocenters. The number of hydrogen-bond donors (Lipinski definition) is 0. The Morgan fingerprint density at radius 3 is 2.93 bits per heavy atom. The van der Waals surface area contributed by atoms with Crippen molar-refractivity contribution in [1.29, 1.82) is 0 Å². The van der Waals surface area contributed by atoms with Crippen LogP contribution in [0, 0.1) is 0 Å². The zero-order valence-corrected chi connectivity index (χ0v) is 9.07. The van der Waals surface area contributed by atoms with Gasteiger partial charge in [-0.2, -0.15) is 0 Å². The molecule has 14 heavy (non-hydrogen) atoms. The molecule has 0 spiro atoms. The predicted octanol–water partition coefficient (Wildman–Crippen LogP) is 3.22. The standard InChI is InChI=1S/C12H19NO/c1-10(2)13-7-4-3-5-12(13)11-6-8-14-9-11/h6,8-10,12H,3-5,7H2,1-2H3/t12-/m0/s1. The maximum absolute atomic E-state index is 5.17. The summed E-state index contributed by atoms with van der Waals surface area (Å²) in [5.74, 6) is 0. The lowest BCUT2D eigenvalue weighted by molar-refractivity contribution is 0.111. The van der Waals surface area contributed by atoms with Gasteiger partial charge in [-0.1, -0.05) is 6.42 Å². The minimum atomic E-state index is 0.586. The first-order valence-corrected chi connectivity index (χ1v) is 5.57. The van der Waals surface area contributed by atoms with Crippen LogP contribution in [0.1, 0.15) is 44.7 Å². The lowest BCUT2D eigenvalue weighted by atomic mass is 9.96. The molecule has 1 fully saturated rings. The Kier molecular flexibility index (Phi) is 2.92. The van der Waals surface area contributed by atoms with Gasteiger partial charge < -0.3 is 4.42 Å². The topological polar surface area (TPSA) is 16.4 Å².